The van der Waals surface area contributed by atoms with Gasteiger partial charge in [0.15, 0.2) is 5.22 Å². The van der Waals surface area contributed by atoms with Crippen molar-refractivity contribution in [3.63, 3.8) is 0 Å². The van der Waals surface area contributed by atoms with Gasteiger partial charge in [0.2, 0.25) is 0 Å². The third-order valence-electron chi connectivity index (χ3n) is 4.25. The molecule has 1 N–H and O–H groups in total. The van der Waals surface area contributed by atoms with Gasteiger partial charge in [0.25, 0.3) is 0 Å². The smallest absolute Gasteiger partial charge is 0.199 e. The van der Waals surface area contributed by atoms with Crippen molar-refractivity contribution in [1.29, 1.82) is 0 Å². The topological polar surface area (TPSA) is 28.4 Å². The number of nitrogens with zero attached hydrogens (tertiary/aromatic N) is 1. The van der Waals surface area contributed by atoms with Gasteiger partial charge in [0.05, 0.1) is 0 Å². The normalized spacial score (nSPS) is 17.9. The SMILES string of the molecule is CCN1CCC(NCc2c(Cl)oc3ccccc23)CC1. The molecule has 20 heavy (non-hydrogen) atoms. The van der Waals surface area contributed by atoms with Gasteiger partial charge in [-0.25, -0.2) is 0 Å². The number of hydrogen-bond donors (Lipinski definition) is 1. The van der Waals surface area contributed by atoms with E-state index in [-0.39, 0.29) is 0 Å². The molecular formula is C16H21ClN2O. The standard InChI is InChI=1S/C16H21ClN2O/c1-2-19-9-7-12(8-10-19)18-11-14-13-5-3-4-6-15(13)20-16(14)17/h3-6,12,18H,2,7-11H2,1H3. The van der Waals surface area contributed by atoms with Crippen LogP contribution in [-0.2, 0) is 6.54 Å². The lowest BCUT2D eigenvalue weighted by Crippen LogP contribution is -2.42. The Labute approximate surface area is 124 Å². The second-order valence-corrected chi connectivity index (χ2v) is 5.78. The molecule has 0 saturated carbocycles. The first-order chi connectivity index (χ1) is 9.78. The lowest BCUT2D eigenvalue weighted by atomic mass is 10.0. The van der Waals surface area contributed by atoms with Gasteiger partial charge in [-0.15, -0.1) is 0 Å². The summed E-state index contributed by atoms with van der Waals surface area (Å²) in [6, 6.07) is 8.62. The minimum Gasteiger partial charge on any atom is -0.444 e. The summed E-state index contributed by atoms with van der Waals surface area (Å²) in [4.78, 5) is 2.50. The number of furan rings is 1. The van der Waals surface area contributed by atoms with Crippen LogP contribution in [0.15, 0.2) is 28.7 Å². The highest BCUT2D eigenvalue weighted by molar-refractivity contribution is 6.30. The molecule has 2 heterocycles. The summed E-state index contributed by atoms with van der Waals surface area (Å²) in [5, 5.41) is 5.27. The molecule has 1 fully saturated rings. The zero-order chi connectivity index (χ0) is 13.9. The van der Waals surface area contributed by atoms with E-state index >= 15 is 0 Å². The molecule has 1 saturated heterocycles. The van der Waals surface area contributed by atoms with Crippen LogP contribution in [-0.4, -0.2) is 30.6 Å². The van der Waals surface area contributed by atoms with E-state index in [1.807, 2.05) is 18.2 Å². The van der Waals surface area contributed by atoms with Crippen molar-refractivity contribution < 1.29 is 4.42 Å². The quantitative estimate of drug-likeness (QED) is 0.932. The number of hydrogen-bond acceptors (Lipinski definition) is 3. The van der Waals surface area contributed by atoms with Gasteiger partial charge in [-0.2, -0.15) is 0 Å². The predicted molar refractivity (Wildman–Crippen MR) is 83.2 cm³/mol. The summed E-state index contributed by atoms with van der Waals surface area (Å²) in [6.07, 6.45) is 2.42. The maximum Gasteiger partial charge on any atom is 0.199 e. The van der Waals surface area contributed by atoms with E-state index in [9.17, 15) is 0 Å². The van der Waals surface area contributed by atoms with Crippen molar-refractivity contribution in [2.75, 3.05) is 19.6 Å². The molecule has 1 aliphatic rings. The Morgan fingerprint density at radius 2 is 2.05 bits per heavy atom. The number of halogens is 1. The number of benzene rings is 1. The van der Waals surface area contributed by atoms with Gasteiger partial charge in [0.1, 0.15) is 5.58 Å². The molecule has 3 rings (SSSR count). The lowest BCUT2D eigenvalue weighted by molar-refractivity contribution is 0.206. The van der Waals surface area contributed by atoms with E-state index in [1.165, 1.54) is 25.9 Å². The molecule has 108 valence electrons. The fourth-order valence-electron chi connectivity index (χ4n) is 2.93. The van der Waals surface area contributed by atoms with Crippen molar-refractivity contribution in [3.8, 4) is 0 Å². The molecule has 1 aromatic carbocycles. The largest absolute Gasteiger partial charge is 0.444 e. The van der Waals surface area contributed by atoms with E-state index in [0.29, 0.717) is 11.3 Å². The summed E-state index contributed by atoms with van der Waals surface area (Å²) in [5.74, 6) is 0. The average molecular weight is 293 g/mol. The summed E-state index contributed by atoms with van der Waals surface area (Å²) in [5.41, 5.74) is 1.95. The Morgan fingerprint density at radius 3 is 2.80 bits per heavy atom. The first kappa shape index (κ1) is 13.9. The fourth-order valence-corrected chi connectivity index (χ4v) is 3.19. The van der Waals surface area contributed by atoms with E-state index in [2.05, 4.69) is 23.2 Å². The molecule has 0 spiro atoms. The third-order valence-corrected chi connectivity index (χ3v) is 4.56. The van der Waals surface area contributed by atoms with Crippen molar-refractivity contribution in [1.82, 2.24) is 10.2 Å². The van der Waals surface area contributed by atoms with E-state index in [0.717, 1.165) is 29.6 Å². The Morgan fingerprint density at radius 1 is 1.30 bits per heavy atom. The average Bonchev–Trinajstić information content (AvgIpc) is 2.81. The van der Waals surface area contributed by atoms with Crippen LogP contribution in [0.1, 0.15) is 25.3 Å². The van der Waals surface area contributed by atoms with Crippen molar-refractivity contribution in [3.05, 3.63) is 35.0 Å². The fraction of sp³-hybridized carbons (Fsp3) is 0.500. The molecule has 1 aliphatic heterocycles. The Kier molecular flexibility index (Phi) is 4.29. The van der Waals surface area contributed by atoms with E-state index in [4.69, 9.17) is 16.0 Å². The molecule has 2 aromatic rings. The summed E-state index contributed by atoms with van der Waals surface area (Å²) in [6.45, 7) is 6.55. The van der Waals surface area contributed by atoms with Gasteiger partial charge < -0.3 is 14.6 Å². The second kappa shape index (κ2) is 6.17. The van der Waals surface area contributed by atoms with E-state index in [1.54, 1.807) is 0 Å². The highest BCUT2D eigenvalue weighted by atomic mass is 35.5. The maximum absolute atomic E-state index is 6.22. The maximum atomic E-state index is 6.22. The van der Waals surface area contributed by atoms with Crippen LogP contribution in [0.4, 0.5) is 0 Å². The zero-order valence-electron chi connectivity index (χ0n) is 11.9. The van der Waals surface area contributed by atoms with Crippen LogP contribution >= 0.6 is 11.6 Å². The third kappa shape index (κ3) is 2.85. The van der Waals surface area contributed by atoms with Gasteiger partial charge in [-0.05, 0) is 50.1 Å². The first-order valence-electron chi connectivity index (χ1n) is 7.39. The van der Waals surface area contributed by atoms with Crippen LogP contribution in [0.5, 0.6) is 0 Å². The predicted octanol–water partition coefficient (Wildman–Crippen LogP) is 3.66. The van der Waals surface area contributed by atoms with Gasteiger partial charge in [0, 0.05) is 23.5 Å². The van der Waals surface area contributed by atoms with Gasteiger partial charge in [-0.1, -0.05) is 25.1 Å². The molecule has 1 aromatic heterocycles. The molecule has 4 heteroatoms. The Balaban J connectivity index is 1.64. The van der Waals surface area contributed by atoms with Gasteiger partial charge >= 0.3 is 0 Å². The number of fused-ring (bicyclic) bond motifs is 1. The number of likely N-dealkylation sites (tertiary alicyclic amines) is 1. The molecule has 0 bridgehead atoms. The molecular weight excluding hydrogens is 272 g/mol. The number of rotatable bonds is 4. The van der Waals surface area contributed by atoms with Crippen LogP contribution in [0, 0.1) is 0 Å². The van der Waals surface area contributed by atoms with E-state index < -0.39 is 0 Å². The number of piperidine rings is 1. The number of para-hydroxylation sites is 1. The first-order valence-corrected chi connectivity index (χ1v) is 7.77. The van der Waals surface area contributed by atoms with Crippen LogP contribution in [0.25, 0.3) is 11.0 Å². The lowest BCUT2D eigenvalue weighted by Gasteiger charge is -2.31. The zero-order valence-corrected chi connectivity index (χ0v) is 12.6. The summed E-state index contributed by atoms with van der Waals surface area (Å²) in [7, 11) is 0. The van der Waals surface area contributed by atoms with Crippen molar-refractivity contribution in [2.24, 2.45) is 0 Å². The highest BCUT2D eigenvalue weighted by Crippen LogP contribution is 2.29. The highest BCUT2D eigenvalue weighted by Gasteiger charge is 2.19. The summed E-state index contributed by atoms with van der Waals surface area (Å²) >= 11 is 6.22. The summed E-state index contributed by atoms with van der Waals surface area (Å²) < 4.78 is 5.59. The monoisotopic (exact) mass is 292 g/mol. The molecule has 3 nitrogen and oxygen atoms in total. The van der Waals surface area contributed by atoms with Gasteiger partial charge in [-0.3, -0.25) is 0 Å². The van der Waals surface area contributed by atoms with Crippen molar-refractivity contribution >= 4 is 22.6 Å². The van der Waals surface area contributed by atoms with Crippen LogP contribution < -0.4 is 5.32 Å². The minimum atomic E-state index is 0.518. The molecule has 0 aliphatic carbocycles. The molecule has 0 atom stereocenters. The number of nitrogens with one attached hydrogen (secondary N) is 1. The molecule has 0 radical (unpaired) electrons. The van der Waals surface area contributed by atoms with Crippen molar-refractivity contribution in [2.45, 2.75) is 32.4 Å². The molecule has 0 unspecified atom stereocenters. The second-order valence-electron chi connectivity index (χ2n) is 5.44. The minimum absolute atomic E-state index is 0.518. The molecule has 0 amide bonds. The van der Waals surface area contributed by atoms with Crippen LogP contribution in [0.2, 0.25) is 5.22 Å². The Bertz CT molecular complexity index is 573. The Hall–Kier alpha value is -1.03. The van der Waals surface area contributed by atoms with Crippen LogP contribution in [0.3, 0.4) is 0 Å².